The van der Waals surface area contributed by atoms with E-state index >= 15 is 0 Å². The summed E-state index contributed by atoms with van der Waals surface area (Å²) in [7, 11) is 0. The Morgan fingerprint density at radius 3 is 3.07 bits per heavy atom. The van der Waals surface area contributed by atoms with Gasteiger partial charge in [0.15, 0.2) is 0 Å². The smallest absolute Gasteiger partial charge is 0.109 e. The number of nitrogens with zero attached hydrogens (tertiary/aromatic N) is 1. The largest absolute Gasteiger partial charge is 0.322 e. The highest BCUT2D eigenvalue weighted by Crippen LogP contribution is 2.27. The molecule has 0 spiro atoms. The van der Waals surface area contributed by atoms with E-state index in [9.17, 15) is 0 Å². The molecule has 1 saturated carbocycles. The van der Waals surface area contributed by atoms with E-state index in [0.717, 1.165) is 29.7 Å². The maximum Gasteiger partial charge on any atom is 0.109 e. The van der Waals surface area contributed by atoms with Crippen LogP contribution in [0.3, 0.4) is 0 Å². The molecule has 0 aliphatic heterocycles. The Morgan fingerprint density at radius 1 is 1.71 bits per heavy atom. The van der Waals surface area contributed by atoms with Gasteiger partial charge in [0.05, 0.1) is 11.7 Å². The van der Waals surface area contributed by atoms with Gasteiger partial charge in [-0.25, -0.2) is 4.98 Å². The van der Waals surface area contributed by atoms with Crippen LogP contribution in [0, 0.1) is 5.92 Å². The van der Waals surface area contributed by atoms with Crippen LogP contribution in [0.5, 0.6) is 0 Å². The van der Waals surface area contributed by atoms with Crippen molar-refractivity contribution in [2.75, 3.05) is 6.54 Å². The Balaban J connectivity index is 1.77. The first kappa shape index (κ1) is 10.1. The van der Waals surface area contributed by atoms with Gasteiger partial charge in [-0.1, -0.05) is 0 Å². The van der Waals surface area contributed by atoms with Crippen molar-refractivity contribution in [1.82, 2.24) is 10.3 Å². The van der Waals surface area contributed by atoms with Crippen molar-refractivity contribution in [3.63, 3.8) is 0 Å². The fourth-order valence-corrected chi connectivity index (χ4v) is 2.12. The summed E-state index contributed by atoms with van der Waals surface area (Å²) < 4.78 is 0. The van der Waals surface area contributed by atoms with E-state index in [1.807, 2.05) is 6.92 Å². The molecule has 1 unspecified atom stereocenters. The van der Waals surface area contributed by atoms with Crippen molar-refractivity contribution in [2.45, 2.75) is 32.4 Å². The summed E-state index contributed by atoms with van der Waals surface area (Å²) in [6, 6.07) is 0.0668. The van der Waals surface area contributed by atoms with Gasteiger partial charge < -0.3 is 11.1 Å². The number of aromatic nitrogens is 1. The first-order chi connectivity index (χ1) is 6.75. The molecule has 78 valence electrons. The maximum atomic E-state index is 5.74. The van der Waals surface area contributed by atoms with E-state index in [2.05, 4.69) is 15.7 Å². The second kappa shape index (κ2) is 4.38. The molecule has 3 nitrogen and oxygen atoms in total. The Morgan fingerprint density at radius 2 is 2.50 bits per heavy atom. The molecule has 0 bridgehead atoms. The van der Waals surface area contributed by atoms with Crippen molar-refractivity contribution >= 4 is 11.3 Å². The molecule has 1 aliphatic carbocycles. The summed E-state index contributed by atoms with van der Waals surface area (Å²) in [6.07, 6.45) is 2.80. The SMILES string of the molecule is CC(N)c1nc(CNCC2CC2)cs1. The molecule has 1 atom stereocenters. The fourth-order valence-electron chi connectivity index (χ4n) is 1.34. The lowest BCUT2D eigenvalue weighted by molar-refractivity contribution is 0.629. The molecule has 14 heavy (non-hydrogen) atoms. The van der Waals surface area contributed by atoms with Crippen LogP contribution in [0.4, 0.5) is 0 Å². The summed E-state index contributed by atoms with van der Waals surface area (Å²) in [4.78, 5) is 4.46. The number of thiazole rings is 1. The van der Waals surface area contributed by atoms with Gasteiger partial charge in [-0.2, -0.15) is 0 Å². The zero-order chi connectivity index (χ0) is 9.97. The summed E-state index contributed by atoms with van der Waals surface area (Å²) in [5.74, 6) is 0.932. The lowest BCUT2D eigenvalue weighted by Crippen LogP contribution is -2.16. The number of nitrogens with one attached hydrogen (secondary N) is 1. The predicted molar refractivity (Wildman–Crippen MR) is 59.1 cm³/mol. The first-order valence-electron chi connectivity index (χ1n) is 5.16. The average Bonchev–Trinajstić information content (AvgIpc) is 2.82. The van der Waals surface area contributed by atoms with Crippen molar-refractivity contribution in [3.8, 4) is 0 Å². The molecule has 0 aromatic carbocycles. The molecular formula is C10H17N3S. The van der Waals surface area contributed by atoms with Crippen LogP contribution in [0.15, 0.2) is 5.38 Å². The fraction of sp³-hybridized carbons (Fsp3) is 0.700. The van der Waals surface area contributed by atoms with Crippen LogP contribution < -0.4 is 11.1 Å². The normalized spacial score (nSPS) is 18.4. The zero-order valence-electron chi connectivity index (χ0n) is 8.49. The Labute approximate surface area is 88.7 Å². The molecule has 1 heterocycles. The minimum absolute atomic E-state index is 0.0668. The molecule has 0 saturated heterocycles. The molecule has 2 rings (SSSR count). The topological polar surface area (TPSA) is 50.9 Å². The van der Waals surface area contributed by atoms with E-state index < -0.39 is 0 Å². The maximum absolute atomic E-state index is 5.74. The Kier molecular flexibility index (Phi) is 3.15. The van der Waals surface area contributed by atoms with Crippen LogP contribution in [-0.2, 0) is 6.54 Å². The van der Waals surface area contributed by atoms with Crippen molar-refractivity contribution in [3.05, 3.63) is 16.1 Å². The van der Waals surface area contributed by atoms with E-state index in [-0.39, 0.29) is 6.04 Å². The quantitative estimate of drug-likeness (QED) is 0.779. The van der Waals surface area contributed by atoms with Crippen molar-refractivity contribution in [1.29, 1.82) is 0 Å². The monoisotopic (exact) mass is 211 g/mol. The second-order valence-electron chi connectivity index (χ2n) is 4.04. The predicted octanol–water partition coefficient (Wildman–Crippen LogP) is 1.66. The summed E-state index contributed by atoms with van der Waals surface area (Å²) >= 11 is 1.66. The van der Waals surface area contributed by atoms with Gasteiger partial charge >= 0.3 is 0 Å². The molecule has 1 fully saturated rings. The van der Waals surface area contributed by atoms with Gasteiger partial charge in [0.25, 0.3) is 0 Å². The van der Waals surface area contributed by atoms with Crippen LogP contribution in [0.25, 0.3) is 0 Å². The molecular weight excluding hydrogens is 194 g/mol. The van der Waals surface area contributed by atoms with E-state index in [0.29, 0.717) is 0 Å². The molecule has 1 aliphatic rings. The van der Waals surface area contributed by atoms with Gasteiger partial charge in [0, 0.05) is 11.9 Å². The Bertz CT molecular complexity index is 291. The standard InChI is InChI=1S/C10H17N3S/c1-7(11)10-13-9(6-14-10)5-12-4-8-2-3-8/h6-8,12H,2-5,11H2,1H3. The van der Waals surface area contributed by atoms with Gasteiger partial charge in [0.1, 0.15) is 5.01 Å². The van der Waals surface area contributed by atoms with Gasteiger partial charge in [-0.3, -0.25) is 0 Å². The van der Waals surface area contributed by atoms with Crippen LogP contribution in [0.1, 0.15) is 36.5 Å². The van der Waals surface area contributed by atoms with Crippen LogP contribution >= 0.6 is 11.3 Å². The highest BCUT2D eigenvalue weighted by Gasteiger charge is 2.20. The lowest BCUT2D eigenvalue weighted by Gasteiger charge is -2.00. The molecule has 4 heteroatoms. The van der Waals surface area contributed by atoms with E-state index in [1.165, 1.54) is 12.8 Å². The van der Waals surface area contributed by atoms with Crippen LogP contribution in [0.2, 0.25) is 0 Å². The third-order valence-corrected chi connectivity index (χ3v) is 3.49. The van der Waals surface area contributed by atoms with Crippen molar-refractivity contribution < 1.29 is 0 Å². The van der Waals surface area contributed by atoms with E-state index in [4.69, 9.17) is 5.73 Å². The molecule has 3 N–H and O–H groups in total. The van der Waals surface area contributed by atoms with Gasteiger partial charge in [0.2, 0.25) is 0 Å². The number of nitrogens with two attached hydrogens (primary N) is 1. The number of hydrogen-bond donors (Lipinski definition) is 2. The third kappa shape index (κ3) is 2.77. The summed E-state index contributed by atoms with van der Waals surface area (Å²) in [5, 5.41) is 6.55. The summed E-state index contributed by atoms with van der Waals surface area (Å²) in [6.45, 7) is 4.00. The summed E-state index contributed by atoms with van der Waals surface area (Å²) in [5.41, 5.74) is 6.87. The first-order valence-corrected chi connectivity index (χ1v) is 6.04. The number of hydrogen-bond acceptors (Lipinski definition) is 4. The molecule has 1 aromatic heterocycles. The zero-order valence-corrected chi connectivity index (χ0v) is 9.31. The highest BCUT2D eigenvalue weighted by molar-refractivity contribution is 7.09. The second-order valence-corrected chi connectivity index (χ2v) is 4.93. The third-order valence-electron chi connectivity index (χ3n) is 2.40. The molecule has 0 amide bonds. The Hall–Kier alpha value is -0.450. The highest BCUT2D eigenvalue weighted by atomic mass is 32.1. The number of rotatable bonds is 5. The van der Waals surface area contributed by atoms with Gasteiger partial charge in [-0.15, -0.1) is 11.3 Å². The molecule has 1 aromatic rings. The average molecular weight is 211 g/mol. The minimum atomic E-state index is 0.0668. The van der Waals surface area contributed by atoms with Crippen molar-refractivity contribution in [2.24, 2.45) is 11.7 Å². The minimum Gasteiger partial charge on any atom is -0.322 e. The van der Waals surface area contributed by atoms with E-state index in [1.54, 1.807) is 11.3 Å². The molecule has 0 radical (unpaired) electrons. The van der Waals surface area contributed by atoms with Gasteiger partial charge in [-0.05, 0) is 32.2 Å². The van der Waals surface area contributed by atoms with Crippen LogP contribution in [-0.4, -0.2) is 11.5 Å². The lowest BCUT2D eigenvalue weighted by atomic mass is 10.4.